The van der Waals surface area contributed by atoms with E-state index in [0.717, 1.165) is 22.0 Å². The predicted molar refractivity (Wildman–Crippen MR) is 95.8 cm³/mol. The van der Waals surface area contributed by atoms with Gasteiger partial charge in [0.25, 0.3) is 0 Å². The summed E-state index contributed by atoms with van der Waals surface area (Å²) in [5, 5.41) is 17.3. The quantitative estimate of drug-likeness (QED) is 0.780. The largest absolute Gasteiger partial charge is 0.331 e. The molecule has 0 spiro atoms. The molecule has 1 N–H and O–H groups in total. The number of hydrogen-bond acceptors (Lipinski definition) is 4. The summed E-state index contributed by atoms with van der Waals surface area (Å²) in [5.74, 6) is 0.857. The molecule has 0 bridgehead atoms. The van der Waals surface area contributed by atoms with Crippen LogP contribution in [-0.2, 0) is 0 Å². The fourth-order valence-electron chi connectivity index (χ4n) is 2.59. The molecular formula is C18H18N6O. The fraction of sp³-hybridized carbons (Fsp3) is 0.222. The van der Waals surface area contributed by atoms with Crippen molar-refractivity contribution in [3.63, 3.8) is 0 Å². The molecule has 3 rings (SSSR count). The van der Waals surface area contributed by atoms with E-state index < -0.39 is 0 Å². The molecule has 0 aliphatic heterocycles. The van der Waals surface area contributed by atoms with Crippen molar-refractivity contribution < 1.29 is 4.79 Å². The van der Waals surface area contributed by atoms with Crippen LogP contribution in [0, 0.1) is 25.2 Å². The molecule has 0 atom stereocenters. The summed E-state index contributed by atoms with van der Waals surface area (Å²) in [7, 11) is 3.26. The monoisotopic (exact) mass is 334 g/mol. The highest BCUT2D eigenvalue weighted by molar-refractivity contribution is 5.90. The molecule has 25 heavy (non-hydrogen) atoms. The van der Waals surface area contributed by atoms with E-state index >= 15 is 0 Å². The fourth-order valence-corrected chi connectivity index (χ4v) is 2.59. The molecule has 0 fully saturated rings. The van der Waals surface area contributed by atoms with Gasteiger partial charge in [-0.05, 0) is 31.0 Å². The second-order valence-corrected chi connectivity index (χ2v) is 6.02. The first-order chi connectivity index (χ1) is 11.9. The highest BCUT2D eigenvalue weighted by Gasteiger charge is 2.17. The molecule has 0 radical (unpaired) electrons. The van der Waals surface area contributed by atoms with Crippen LogP contribution in [0.25, 0.3) is 16.7 Å². The Labute approximate surface area is 145 Å². The zero-order valence-electron chi connectivity index (χ0n) is 14.5. The Morgan fingerprint density at radius 3 is 2.72 bits per heavy atom. The van der Waals surface area contributed by atoms with Gasteiger partial charge in [0.05, 0.1) is 11.7 Å². The van der Waals surface area contributed by atoms with Crippen molar-refractivity contribution in [1.82, 2.24) is 19.7 Å². The summed E-state index contributed by atoms with van der Waals surface area (Å²) < 4.78 is 1.48. The molecule has 126 valence electrons. The molecule has 1 aromatic carbocycles. The highest BCUT2D eigenvalue weighted by atomic mass is 16.2. The molecule has 0 saturated carbocycles. The van der Waals surface area contributed by atoms with E-state index in [9.17, 15) is 10.1 Å². The van der Waals surface area contributed by atoms with E-state index in [-0.39, 0.29) is 11.6 Å². The van der Waals surface area contributed by atoms with Gasteiger partial charge in [-0.25, -0.2) is 9.78 Å². The lowest BCUT2D eigenvalue weighted by atomic mass is 10.1. The van der Waals surface area contributed by atoms with Crippen LogP contribution in [0.5, 0.6) is 0 Å². The zero-order valence-corrected chi connectivity index (χ0v) is 14.5. The van der Waals surface area contributed by atoms with E-state index in [1.54, 1.807) is 14.1 Å². The Balaban J connectivity index is 2.19. The summed E-state index contributed by atoms with van der Waals surface area (Å²) in [6.45, 7) is 4.00. The first kappa shape index (κ1) is 16.5. The topological polar surface area (TPSA) is 86.8 Å². The Kier molecular flexibility index (Phi) is 4.11. The second-order valence-electron chi connectivity index (χ2n) is 6.02. The number of carbonyl (C=O) groups is 1. The van der Waals surface area contributed by atoms with Gasteiger partial charge in [-0.2, -0.15) is 15.0 Å². The van der Waals surface area contributed by atoms with Crippen LogP contribution in [0.4, 0.5) is 10.6 Å². The van der Waals surface area contributed by atoms with Crippen molar-refractivity contribution in [2.45, 2.75) is 13.8 Å². The molecule has 7 nitrogen and oxygen atoms in total. The number of anilines is 1. The van der Waals surface area contributed by atoms with Crippen molar-refractivity contribution in [2.75, 3.05) is 19.4 Å². The minimum absolute atomic E-state index is 0.277. The number of aromatic nitrogens is 3. The number of rotatable bonds is 2. The minimum atomic E-state index is -0.341. The summed E-state index contributed by atoms with van der Waals surface area (Å²) >= 11 is 0. The minimum Gasteiger partial charge on any atom is -0.331 e. The number of benzene rings is 1. The Bertz CT molecular complexity index is 1010. The number of nitriles is 1. The lowest BCUT2D eigenvalue weighted by Gasteiger charge is -2.14. The van der Waals surface area contributed by atoms with Gasteiger partial charge in [0.15, 0.2) is 11.6 Å². The van der Waals surface area contributed by atoms with Crippen LogP contribution < -0.4 is 5.32 Å². The Morgan fingerprint density at radius 1 is 1.28 bits per heavy atom. The predicted octanol–water partition coefficient (Wildman–Crippen LogP) is 3.00. The number of fused-ring (bicyclic) bond motifs is 1. The van der Waals surface area contributed by atoms with Gasteiger partial charge in [0.1, 0.15) is 11.6 Å². The van der Waals surface area contributed by atoms with Crippen LogP contribution in [0.15, 0.2) is 30.5 Å². The van der Waals surface area contributed by atoms with E-state index in [2.05, 4.69) is 10.4 Å². The van der Waals surface area contributed by atoms with Crippen molar-refractivity contribution in [3.8, 4) is 11.9 Å². The number of pyridine rings is 1. The lowest BCUT2D eigenvalue weighted by Crippen LogP contribution is -2.28. The molecule has 0 saturated heterocycles. The van der Waals surface area contributed by atoms with Gasteiger partial charge < -0.3 is 4.90 Å². The maximum Gasteiger partial charge on any atom is 0.322 e. The third-order valence-corrected chi connectivity index (χ3v) is 3.97. The number of carbonyl (C=O) groups excluding carboxylic acids is 1. The van der Waals surface area contributed by atoms with Gasteiger partial charge >= 0.3 is 6.03 Å². The van der Waals surface area contributed by atoms with Gasteiger partial charge in [-0.1, -0.05) is 18.2 Å². The Hall–Kier alpha value is -3.40. The van der Waals surface area contributed by atoms with Crippen molar-refractivity contribution in [2.24, 2.45) is 0 Å². The van der Waals surface area contributed by atoms with Crippen LogP contribution in [0.2, 0.25) is 0 Å². The van der Waals surface area contributed by atoms with Gasteiger partial charge in [0, 0.05) is 19.5 Å². The smallest absolute Gasteiger partial charge is 0.322 e. The number of urea groups is 1. The summed E-state index contributed by atoms with van der Waals surface area (Å²) in [6.07, 6.45) is 1.42. The molecule has 7 heteroatoms. The summed E-state index contributed by atoms with van der Waals surface area (Å²) in [6, 6.07) is 9.61. The van der Waals surface area contributed by atoms with Crippen LogP contribution in [0.3, 0.4) is 0 Å². The van der Waals surface area contributed by atoms with E-state index in [0.29, 0.717) is 11.6 Å². The van der Waals surface area contributed by atoms with E-state index in [1.807, 2.05) is 44.2 Å². The van der Waals surface area contributed by atoms with E-state index in [1.165, 1.54) is 15.8 Å². The molecular weight excluding hydrogens is 316 g/mol. The SMILES string of the molecule is Cc1cc(-n2ncc(C#N)c2NC(=O)N(C)C)nc2c(C)cccc12. The number of para-hydroxylation sites is 1. The third kappa shape index (κ3) is 2.90. The first-order valence-corrected chi connectivity index (χ1v) is 7.76. The molecule has 2 amide bonds. The second kappa shape index (κ2) is 6.24. The number of nitrogens with one attached hydrogen (secondary N) is 1. The normalized spacial score (nSPS) is 10.5. The molecule has 0 unspecified atom stereocenters. The average Bonchev–Trinajstić information content (AvgIpc) is 2.98. The van der Waals surface area contributed by atoms with Crippen molar-refractivity contribution in [1.29, 1.82) is 5.26 Å². The molecule has 2 aromatic heterocycles. The molecule has 0 aliphatic carbocycles. The standard InChI is InChI=1S/C18H18N6O/c1-11-6-5-7-14-12(2)8-15(21-16(11)14)24-17(13(9-19)10-20-24)22-18(25)23(3)4/h5-8,10H,1-4H3,(H,22,25). The molecule has 0 aliphatic rings. The zero-order chi connectivity index (χ0) is 18.1. The van der Waals surface area contributed by atoms with Crippen LogP contribution in [0.1, 0.15) is 16.7 Å². The van der Waals surface area contributed by atoms with Gasteiger partial charge in [-0.15, -0.1) is 0 Å². The third-order valence-electron chi connectivity index (χ3n) is 3.97. The van der Waals surface area contributed by atoms with Gasteiger partial charge in [0.2, 0.25) is 0 Å². The van der Waals surface area contributed by atoms with Crippen LogP contribution in [-0.4, -0.2) is 39.8 Å². The molecule has 3 aromatic rings. The average molecular weight is 334 g/mol. The highest BCUT2D eigenvalue weighted by Crippen LogP contribution is 2.25. The summed E-state index contributed by atoms with van der Waals surface area (Å²) in [5.41, 5.74) is 3.24. The van der Waals surface area contributed by atoms with Gasteiger partial charge in [-0.3, -0.25) is 5.32 Å². The maximum atomic E-state index is 12.0. The van der Waals surface area contributed by atoms with Crippen LogP contribution >= 0.6 is 0 Å². The number of hydrogen-bond donors (Lipinski definition) is 1. The lowest BCUT2D eigenvalue weighted by molar-refractivity contribution is 0.230. The number of aryl methyl sites for hydroxylation is 2. The van der Waals surface area contributed by atoms with Crippen molar-refractivity contribution in [3.05, 3.63) is 47.2 Å². The number of amides is 2. The van der Waals surface area contributed by atoms with Crippen molar-refractivity contribution >= 4 is 22.8 Å². The van der Waals surface area contributed by atoms with E-state index in [4.69, 9.17) is 4.98 Å². The maximum absolute atomic E-state index is 12.0. The Morgan fingerprint density at radius 2 is 2.04 bits per heavy atom. The molecule has 2 heterocycles. The summed E-state index contributed by atoms with van der Waals surface area (Å²) in [4.78, 5) is 18.1. The number of nitrogens with zero attached hydrogens (tertiary/aromatic N) is 5. The first-order valence-electron chi connectivity index (χ1n) is 7.76.